The maximum absolute atomic E-state index is 12.8. The van der Waals surface area contributed by atoms with Crippen LogP contribution >= 0.6 is 11.6 Å². The van der Waals surface area contributed by atoms with Crippen LogP contribution in [0.3, 0.4) is 0 Å². The fourth-order valence-corrected chi connectivity index (χ4v) is 2.65. The van der Waals surface area contributed by atoms with Crippen molar-refractivity contribution in [3.05, 3.63) is 82.3 Å². The minimum Gasteiger partial charge on any atom is -0.305 e. The lowest BCUT2D eigenvalue weighted by Crippen LogP contribution is -2.24. The Balaban J connectivity index is 1.86. The number of carbonyl (C=O) groups is 1. The van der Waals surface area contributed by atoms with Crippen LogP contribution in [0, 0.1) is 0 Å². The third-order valence-corrected chi connectivity index (χ3v) is 3.88. The van der Waals surface area contributed by atoms with E-state index in [9.17, 15) is 9.59 Å². The number of aromatic nitrogens is 5. The van der Waals surface area contributed by atoms with Gasteiger partial charge in [0.15, 0.2) is 5.65 Å². The number of rotatable bonds is 3. The van der Waals surface area contributed by atoms with E-state index in [-0.39, 0.29) is 11.3 Å². The Morgan fingerprint density at radius 1 is 1.04 bits per heavy atom. The smallest absolute Gasteiger partial charge is 0.275 e. The van der Waals surface area contributed by atoms with Gasteiger partial charge in [-0.05, 0) is 24.3 Å². The number of hydrogen-bond acceptors (Lipinski definition) is 5. The molecule has 4 rings (SSSR count). The zero-order chi connectivity index (χ0) is 18.1. The predicted molar refractivity (Wildman–Crippen MR) is 95.8 cm³/mol. The van der Waals surface area contributed by atoms with Crippen molar-refractivity contribution in [2.24, 2.45) is 0 Å². The summed E-state index contributed by atoms with van der Waals surface area (Å²) in [6, 6.07) is 9.45. The second-order valence-electron chi connectivity index (χ2n) is 5.32. The molecule has 1 amide bonds. The molecule has 1 N–H and O–H groups in total. The van der Waals surface area contributed by atoms with E-state index in [1.807, 2.05) is 0 Å². The average Bonchev–Trinajstić information content (AvgIpc) is 3.05. The Morgan fingerprint density at radius 3 is 2.58 bits per heavy atom. The summed E-state index contributed by atoms with van der Waals surface area (Å²) in [5, 5.41) is 3.15. The van der Waals surface area contributed by atoms with E-state index < -0.39 is 5.91 Å². The summed E-state index contributed by atoms with van der Waals surface area (Å²) in [5.41, 5.74) is 0.863. The predicted octanol–water partition coefficient (Wildman–Crippen LogP) is 2.18. The topological polar surface area (TPSA) is 94.2 Å². The number of nitrogens with zero attached hydrogens (tertiary/aromatic N) is 5. The number of amides is 1. The Hall–Kier alpha value is -3.52. The van der Waals surface area contributed by atoms with E-state index in [0.29, 0.717) is 22.2 Å². The molecule has 0 atom stereocenters. The van der Waals surface area contributed by atoms with E-state index in [2.05, 4.69) is 20.3 Å². The van der Waals surface area contributed by atoms with Crippen molar-refractivity contribution in [3.8, 4) is 5.69 Å². The average molecular weight is 367 g/mol. The highest BCUT2D eigenvalue weighted by Gasteiger charge is 2.19. The molecule has 4 heterocycles. The van der Waals surface area contributed by atoms with Gasteiger partial charge in [-0.25, -0.2) is 14.6 Å². The van der Waals surface area contributed by atoms with E-state index in [1.54, 1.807) is 36.7 Å². The zero-order valence-corrected chi connectivity index (χ0v) is 14.0. The van der Waals surface area contributed by atoms with Crippen LogP contribution in [0.4, 0.5) is 5.82 Å². The third-order valence-electron chi connectivity index (χ3n) is 3.65. The molecule has 9 heteroatoms. The summed E-state index contributed by atoms with van der Waals surface area (Å²) in [7, 11) is 0. The minimum absolute atomic E-state index is 0.226. The summed E-state index contributed by atoms with van der Waals surface area (Å²) in [6.07, 6.45) is 5.98. The Labute approximate surface area is 151 Å². The molecule has 0 aromatic carbocycles. The highest BCUT2D eigenvalue weighted by Crippen LogP contribution is 2.16. The van der Waals surface area contributed by atoms with Crippen molar-refractivity contribution in [3.63, 3.8) is 0 Å². The number of anilines is 1. The number of halogens is 1. The van der Waals surface area contributed by atoms with Gasteiger partial charge in [0.1, 0.15) is 11.5 Å². The van der Waals surface area contributed by atoms with E-state index in [1.165, 1.54) is 33.7 Å². The molecular formula is C17H11ClN6O2. The van der Waals surface area contributed by atoms with Gasteiger partial charge >= 0.3 is 0 Å². The van der Waals surface area contributed by atoms with Gasteiger partial charge in [0.25, 0.3) is 11.5 Å². The first-order valence-electron chi connectivity index (χ1n) is 7.56. The molecule has 0 unspecified atom stereocenters. The molecule has 0 fully saturated rings. The molecule has 0 saturated carbocycles. The molecule has 128 valence electrons. The monoisotopic (exact) mass is 366 g/mol. The molecule has 0 radical (unpaired) electrons. The largest absolute Gasteiger partial charge is 0.305 e. The van der Waals surface area contributed by atoms with E-state index >= 15 is 0 Å². The lowest BCUT2D eigenvalue weighted by atomic mass is 10.3. The van der Waals surface area contributed by atoms with Crippen molar-refractivity contribution < 1.29 is 4.79 Å². The van der Waals surface area contributed by atoms with Crippen molar-refractivity contribution in [1.82, 2.24) is 24.1 Å². The molecule has 0 aliphatic heterocycles. The summed E-state index contributed by atoms with van der Waals surface area (Å²) in [4.78, 5) is 37.3. The van der Waals surface area contributed by atoms with Gasteiger partial charge in [-0.2, -0.15) is 4.52 Å². The van der Waals surface area contributed by atoms with Crippen LogP contribution in [0.15, 0.2) is 66.0 Å². The molecule has 0 aliphatic carbocycles. The minimum atomic E-state index is -0.443. The van der Waals surface area contributed by atoms with E-state index in [4.69, 9.17) is 11.6 Å². The molecule has 8 nitrogen and oxygen atoms in total. The number of carbonyl (C=O) groups excluding carboxylic acids is 1. The summed E-state index contributed by atoms with van der Waals surface area (Å²) in [5.74, 6) is -0.104. The van der Waals surface area contributed by atoms with Gasteiger partial charge in [-0.15, -0.1) is 0 Å². The summed E-state index contributed by atoms with van der Waals surface area (Å²) < 4.78 is 2.80. The number of fused-ring (bicyclic) bond motifs is 1. The molecule has 4 aromatic rings. The van der Waals surface area contributed by atoms with Crippen LogP contribution in [-0.4, -0.2) is 30.1 Å². The van der Waals surface area contributed by atoms with Gasteiger partial charge in [0.05, 0.1) is 10.7 Å². The van der Waals surface area contributed by atoms with Gasteiger partial charge in [0.2, 0.25) is 0 Å². The van der Waals surface area contributed by atoms with Gasteiger partial charge in [-0.1, -0.05) is 11.6 Å². The summed E-state index contributed by atoms with van der Waals surface area (Å²) >= 11 is 5.81. The Morgan fingerprint density at radius 2 is 1.85 bits per heavy atom. The molecule has 4 aromatic heterocycles. The first-order valence-corrected chi connectivity index (χ1v) is 7.94. The maximum atomic E-state index is 12.8. The van der Waals surface area contributed by atoms with E-state index in [0.717, 1.165) is 0 Å². The van der Waals surface area contributed by atoms with Crippen LogP contribution in [0.25, 0.3) is 11.3 Å². The van der Waals surface area contributed by atoms with Crippen LogP contribution in [0.2, 0.25) is 5.02 Å². The third kappa shape index (κ3) is 2.82. The molecular weight excluding hydrogens is 356 g/mol. The number of pyridine rings is 2. The standard InChI is InChI=1S/C17H11ClN6O2/c18-11-1-2-14(21-10-11)22-17(26)13-9-15-20-8-5-16(25)24(15)23(13)12-3-6-19-7-4-12/h1-10H,(H,21,22,26). The molecule has 0 aliphatic rings. The highest BCUT2D eigenvalue weighted by molar-refractivity contribution is 6.30. The van der Waals surface area contributed by atoms with Crippen molar-refractivity contribution >= 4 is 29.0 Å². The first kappa shape index (κ1) is 16.0. The SMILES string of the molecule is O=C(Nc1ccc(Cl)cn1)c1cc2nccc(=O)n2n1-c1ccncc1. The number of hydrogen-bond donors (Lipinski definition) is 1. The first-order chi connectivity index (χ1) is 12.6. The van der Waals surface area contributed by atoms with Gasteiger partial charge in [0, 0.05) is 36.9 Å². The molecule has 26 heavy (non-hydrogen) atoms. The Bertz CT molecular complexity index is 1150. The second kappa shape index (κ2) is 6.41. The van der Waals surface area contributed by atoms with Crippen molar-refractivity contribution in [2.75, 3.05) is 5.32 Å². The molecule has 0 spiro atoms. The quantitative estimate of drug-likeness (QED) is 0.599. The second-order valence-corrected chi connectivity index (χ2v) is 5.75. The van der Waals surface area contributed by atoms with Crippen molar-refractivity contribution in [1.29, 1.82) is 0 Å². The summed E-state index contributed by atoms with van der Waals surface area (Å²) in [6.45, 7) is 0. The fraction of sp³-hybridized carbons (Fsp3) is 0. The maximum Gasteiger partial charge on any atom is 0.275 e. The van der Waals surface area contributed by atoms with Crippen LogP contribution < -0.4 is 10.9 Å². The molecule has 0 saturated heterocycles. The fourth-order valence-electron chi connectivity index (χ4n) is 2.54. The zero-order valence-electron chi connectivity index (χ0n) is 13.2. The lowest BCUT2D eigenvalue weighted by Gasteiger charge is -2.10. The lowest BCUT2D eigenvalue weighted by molar-refractivity contribution is 0.101. The van der Waals surface area contributed by atoms with Crippen LogP contribution in [0.1, 0.15) is 10.5 Å². The van der Waals surface area contributed by atoms with Crippen LogP contribution in [-0.2, 0) is 0 Å². The molecule has 0 bridgehead atoms. The number of nitrogens with one attached hydrogen (secondary N) is 1. The van der Waals surface area contributed by atoms with Crippen LogP contribution in [0.5, 0.6) is 0 Å². The van der Waals surface area contributed by atoms with Gasteiger partial charge in [-0.3, -0.25) is 14.6 Å². The van der Waals surface area contributed by atoms with Crippen molar-refractivity contribution in [2.45, 2.75) is 0 Å². The normalized spacial score (nSPS) is 10.8. The van der Waals surface area contributed by atoms with Gasteiger partial charge < -0.3 is 5.32 Å². The highest BCUT2D eigenvalue weighted by atomic mass is 35.5. The Kier molecular flexibility index (Phi) is 3.94.